The second-order valence-corrected chi connectivity index (χ2v) is 8.55. The molecular weight excluding hydrogens is 380 g/mol. The largest absolute Gasteiger partial charge is 0.377 e. The highest BCUT2D eigenvalue weighted by molar-refractivity contribution is 6.33. The summed E-state index contributed by atoms with van der Waals surface area (Å²) in [5.74, 6) is 1.56. The molecule has 29 heavy (non-hydrogen) atoms. The van der Waals surface area contributed by atoms with Gasteiger partial charge in [-0.15, -0.1) is 0 Å². The van der Waals surface area contributed by atoms with Crippen LogP contribution < -0.4 is 0 Å². The minimum atomic E-state index is 0.673. The van der Waals surface area contributed by atoms with E-state index >= 15 is 0 Å². The third-order valence-corrected chi connectivity index (χ3v) is 6.30. The Morgan fingerprint density at radius 3 is 2.62 bits per heavy atom. The highest BCUT2D eigenvalue weighted by Gasteiger charge is 2.13. The van der Waals surface area contributed by atoms with Crippen molar-refractivity contribution in [2.75, 3.05) is 13.2 Å². The predicted octanol–water partition coefficient (Wildman–Crippen LogP) is 7.19. The van der Waals surface area contributed by atoms with Gasteiger partial charge < -0.3 is 4.74 Å². The molecule has 152 valence electrons. The summed E-state index contributed by atoms with van der Waals surface area (Å²) in [4.78, 5) is 9.50. The summed E-state index contributed by atoms with van der Waals surface area (Å²) in [5.41, 5.74) is 5.43. The highest BCUT2D eigenvalue weighted by Crippen LogP contribution is 2.32. The van der Waals surface area contributed by atoms with Crippen molar-refractivity contribution in [2.45, 2.75) is 51.9 Å². The zero-order chi connectivity index (χ0) is 20.1. The van der Waals surface area contributed by atoms with E-state index in [0.29, 0.717) is 11.6 Å². The molecule has 1 aromatic carbocycles. The molecule has 1 aliphatic carbocycles. The summed E-state index contributed by atoms with van der Waals surface area (Å²) < 4.78 is 5.41. The van der Waals surface area contributed by atoms with Crippen LogP contribution in [0.3, 0.4) is 0 Å². The van der Waals surface area contributed by atoms with Gasteiger partial charge in [0.25, 0.3) is 0 Å². The van der Waals surface area contributed by atoms with Gasteiger partial charge in [-0.1, -0.05) is 74.0 Å². The monoisotopic (exact) mass is 408 g/mol. The molecule has 2 aromatic rings. The zero-order valence-corrected chi connectivity index (χ0v) is 17.9. The lowest BCUT2D eigenvalue weighted by molar-refractivity contribution is 0.161. The molecule has 1 aromatic heterocycles. The number of aliphatic imine (C=N–C) groups is 1. The van der Waals surface area contributed by atoms with Crippen molar-refractivity contribution < 1.29 is 4.74 Å². The van der Waals surface area contributed by atoms with E-state index < -0.39 is 0 Å². The fraction of sp³-hybridized carbons (Fsp3) is 0.440. The minimum Gasteiger partial charge on any atom is -0.377 e. The number of ether oxygens (including phenoxy) is 1. The zero-order valence-electron chi connectivity index (χ0n) is 17.2. The Balaban J connectivity index is 1.52. The average Bonchev–Trinajstić information content (AvgIpc) is 2.77. The number of pyridine rings is 1. The Morgan fingerprint density at radius 1 is 1.14 bits per heavy atom. The molecule has 1 fully saturated rings. The SMILES string of the molecule is Cc1cc(Cl)c(-c2ccc(C3=CCOCC3)cc2)nc1/N=C/CC1CCCCC1. The molecule has 1 aliphatic heterocycles. The molecule has 4 heteroatoms. The Kier molecular flexibility index (Phi) is 6.78. The Bertz CT molecular complexity index is 896. The van der Waals surface area contributed by atoms with Gasteiger partial charge in [-0.25, -0.2) is 9.98 Å². The first-order chi connectivity index (χ1) is 14.2. The first kappa shape index (κ1) is 20.3. The molecule has 0 atom stereocenters. The molecule has 0 spiro atoms. The lowest BCUT2D eigenvalue weighted by atomic mass is 9.87. The Labute approximate surface area is 178 Å². The second kappa shape index (κ2) is 9.69. The highest BCUT2D eigenvalue weighted by atomic mass is 35.5. The van der Waals surface area contributed by atoms with Crippen LogP contribution in [0.15, 0.2) is 41.4 Å². The van der Waals surface area contributed by atoms with Gasteiger partial charge in [-0.05, 0) is 48.4 Å². The van der Waals surface area contributed by atoms with E-state index in [9.17, 15) is 0 Å². The number of hydrogen-bond acceptors (Lipinski definition) is 3. The smallest absolute Gasteiger partial charge is 0.155 e. The summed E-state index contributed by atoms with van der Waals surface area (Å²) in [6.07, 6.45) is 13.0. The summed E-state index contributed by atoms with van der Waals surface area (Å²) in [6.45, 7) is 3.52. The summed E-state index contributed by atoms with van der Waals surface area (Å²) >= 11 is 6.54. The Morgan fingerprint density at radius 2 is 1.90 bits per heavy atom. The molecule has 2 heterocycles. The van der Waals surface area contributed by atoms with E-state index in [1.165, 1.54) is 43.2 Å². The van der Waals surface area contributed by atoms with Gasteiger partial charge >= 0.3 is 0 Å². The van der Waals surface area contributed by atoms with Crippen molar-refractivity contribution in [3.05, 3.63) is 52.6 Å². The lowest BCUT2D eigenvalue weighted by Crippen LogP contribution is -2.06. The molecule has 2 aliphatic rings. The number of nitrogens with zero attached hydrogens (tertiary/aromatic N) is 2. The maximum atomic E-state index is 6.54. The quantitative estimate of drug-likeness (QED) is 0.490. The van der Waals surface area contributed by atoms with Crippen molar-refractivity contribution in [1.29, 1.82) is 0 Å². The van der Waals surface area contributed by atoms with Gasteiger partial charge in [0.15, 0.2) is 5.82 Å². The summed E-state index contributed by atoms with van der Waals surface area (Å²) in [7, 11) is 0. The molecule has 0 unspecified atom stereocenters. The third-order valence-electron chi connectivity index (χ3n) is 6.01. The Hall–Kier alpha value is -1.97. The molecule has 0 amide bonds. The lowest BCUT2D eigenvalue weighted by Gasteiger charge is -2.19. The number of hydrogen-bond donors (Lipinski definition) is 0. The van der Waals surface area contributed by atoms with Gasteiger partial charge in [-0.3, -0.25) is 0 Å². The second-order valence-electron chi connectivity index (χ2n) is 8.14. The van der Waals surface area contributed by atoms with E-state index in [1.807, 2.05) is 13.0 Å². The maximum absolute atomic E-state index is 6.54. The average molecular weight is 409 g/mol. The fourth-order valence-electron chi connectivity index (χ4n) is 4.25. The molecule has 0 radical (unpaired) electrons. The first-order valence-electron chi connectivity index (χ1n) is 10.8. The molecule has 4 rings (SSSR count). The summed E-state index contributed by atoms with van der Waals surface area (Å²) in [6, 6.07) is 10.5. The molecule has 0 saturated heterocycles. The molecule has 3 nitrogen and oxygen atoms in total. The standard InChI is InChI=1S/C25H29ClN2O/c1-18-17-23(26)24(28-25(18)27-14-11-19-5-3-2-4-6-19)22-9-7-20(8-10-22)21-12-15-29-16-13-21/h7-10,12,14,17,19H,2-6,11,13,15-16H2,1H3/b27-14+. The van der Waals surface area contributed by atoms with Crippen molar-refractivity contribution >= 4 is 29.2 Å². The molecule has 0 bridgehead atoms. The van der Waals surface area contributed by atoms with Crippen LogP contribution in [0.25, 0.3) is 16.8 Å². The van der Waals surface area contributed by atoms with Gasteiger partial charge in [0.2, 0.25) is 0 Å². The predicted molar refractivity (Wildman–Crippen MR) is 122 cm³/mol. The number of aryl methyl sites for hydroxylation is 1. The van der Waals surface area contributed by atoms with E-state index in [4.69, 9.17) is 26.3 Å². The third kappa shape index (κ3) is 5.15. The van der Waals surface area contributed by atoms with Crippen LogP contribution >= 0.6 is 11.6 Å². The van der Waals surface area contributed by atoms with E-state index in [2.05, 4.69) is 36.6 Å². The topological polar surface area (TPSA) is 34.5 Å². The van der Waals surface area contributed by atoms with Crippen LogP contribution in [0.1, 0.15) is 56.1 Å². The van der Waals surface area contributed by atoms with Crippen LogP contribution in [0, 0.1) is 12.8 Å². The van der Waals surface area contributed by atoms with E-state index in [0.717, 1.165) is 48.0 Å². The summed E-state index contributed by atoms with van der Waals surface area (Å²) in [5, 5.41) is 0.673. The van der Waals surface area contributed by atoms with E-state index in [-0.39, 0.29) is 0 Å². The molecule has 1 saturated carbocycles. The van der Waals surface area contributed by atoms with Crippen LogP contribution in [-0.2, 0) is 4.74 Å². The van der Waals surface area contributed by atoms with Crippen LogP contribution in [-0.4, -0.2) is 24.4 Å². The number of aromatic nitrogens is 1. The van der Waals surface area contributed by atoms with Crippen molar-refractivity contribution in [2.24, 2.45) is 10.9 Å². The van der Waals surface area contributed by atoms with Gasteiger partial charge in [0.05, 0.1) is 23.9 Å². The first-order valence-corrected chi connectivity index (χ1v) is 11.2. The number of benzene rings is 1. The van der Waals surface area contributed by atoms with Gasteiger partial charge in [0.1, 0.15) is 0 Å². The normalized spacial score (nSPS) is 18.2. The maximum Gasteiger partial charge on any atom is 0.155 e. The van der Waals surface area contributed by atoms with Crippen molar-refractivity contribution in [3.8, 4) is 11.3 Å². The fourth-order valence-corrected chi connectivity index (χ4v) is 4.56. The molecule has 0 N–H and O–H groups in total. The number of rotatable bonds is 5. The van der Waals surface area contributed by atoms with Crippen LogP contribution in [0.2, 0.25) is 5.02 Å². The van der Waals surface area contributed by atoms with Gasteiger partial charge in [-0.2, -0.15) is 0 Å². The molecular formula is C25H29ClN2O. The number of halogens is 1. The minimum absolute atomic E-state index is 0.673. The van der Waals surface area contributed by atoms with Gasteiger partial charge in [0, 0.05) is 11.8 Å². The van der Waals surface area contributed by atoms with Crippen LogP contribution in [0.4, 0.5) is 5.82 Å². The van der Waals surface area contributed by atoms with Crippen molar-refractivity contribution in [1.82, 2.24) is 4.98 Å². The van der Waals surface area contributed by atoms with E-state index in [1.54, 1.807) is 0 Å². The van der Waals surface area contributed by atoms with Crippen molar-refractivity contribution in [3.63, 3.8) is 0 Å². The van der Waals surface area contributed by atoms with Crippen LogP contribution in [0.5, 0.6) is 0 Å².